The summed E-state index contributed by atoms with van der Waals surface area (Å²) in [7, 11) is 3.23. The first-order valence-corrected chi connectivity index (χ1v) is 5.47. The summed E-state index contributed by atoms with van der Waals surface area (Å²) < 4.78 is 5.01. The van der Waals surface area contributed by atoms with E-state index in [9.17, 15) is 0 Å². The third-order valence-corrected chi connectivity index (χ3v) is 2.23. The van der Waals surface area contributed by atoms with E-state index in [1.54, 1.807) is 7.05 Å². The Morgan fingerprint density at radius 1 is 1.35 bits per heavy atom. The summed E-state index contributed by atoms with van der Waals surface area (Å²) in [5, 5.41) is 11.9. The van der Waals surface area contributed by atoms with Crippen LogP contribution in [0, 0.1) is 0 Å². The fourth-order valence-corrected chi connectivity index (χ4v) is 1.37. The van der Waals surface area contributed by atoms with Gasteiger partial charge in [0.05, 0.1) is 13.7 Å². The Labute approximate surface area is 101 Å². The van der Waals surface area contributed by atoms with E-state index in [0.29, 0.717) is 18.4 Å². The fourth-order valence-electron chi connectivity index (χ4n) is 1.37. The van der Waals surface area contributed by atoms with Crippen LogP contribution in [0.2, 0.25) is 0 Å². The van der Waals surface area contributed by atoms with E-state index in [0.717, 1.165) is 0 Å². The van der Waals surface area contributed by atoms with Crippen LogP contribution in [0.25, 0.3) is 0 Å². The van der Waals surface area contributed by atoms with Crippen molar-refractivity contribution in [3.05, 3.63) is 0 Å². The molecule has 1 aromatic heterocycles. The van der Waals surface area contributed by atoms with E-state index < -0.39 is 0 Å². The Hall–Kier alpha value is -1.63. The Kier molecular flexibility index (Phi) is 4.89. The Morgan fingerprint density at radius 2 is 2.06 bits per heavy atom. The maximum absolute atomic E-state index is 9.04. The molecule has 0 spiro atoms. The molecular weight excluding hydrogens is 222 g/mol. The Morgan fingerprint density at radius 3 is 2.53 bits per heavy atom. The molecule has 0 aromatic carbocycles. The van der Waals surface area contributed by atoms with Crippen molar-refractivity contribution in [2.24, 2.45) is 0 Å². The van der Waals surface area contributed by atoms with Gasteiger partial charge in [-0.3, -0.25) is 0 Å². The highest BCUT2D eigenvalue weighted by atomic mass is 16.5. The number of hydrogen-bond acceptors (Lipinski definition) is 7. The molecule has 96 valence electrons. The summed E-state index contributed by atoms with van der Waals surface area (Å²) in [5.41, 5.74) is 0. The molecule has 7 heteroatoms. The van der Waals surface area contributed by atoms with Gasteiger partial charge in [-0.05, 0) is 13.8 Å². The second-order valence-electron chi connectivity index (χ2n) is 3.71. The molecule has 2 N–H and O–H groups in total. The van der Waals surface area contributed by atoms with E-state index in [1.165, 1.54) is 7.11 Å². The van der Waals surface area contributed by atoms with Gasteiger partial charge in [-0.25, -0.2) is 0 Å². The lowest BCUT2D eigenvalue weighted by molar-refractivity contribution is 0.297. The second kappa shape index (κ2) is 6.19. The van der Waals surface area contributed by atoms with Crippen molar-refractivity contribution >= 4 is 11.9 Å². The minimum absolute atomic E-state index is 0.0427. The van der Waals surface area contributed by atoms with Gasteiger partial charge in [-0.2, -0.15) is 15.0 Å². The van der Waals surface area contributed by atoms with Crippen LogP contribution in [0.5, 0.6) is 6.01 Å². The van der Waals surface area contributed by atoms with Crippen LogP contribution in [-0.4, -0.2) is 53.4 Å². The third kappa shape index (κ3) is 3.42. The van der Waals surface area contributed by atoms with E-state index in [4.69, 9.17) is 9.84 Å². The standard InChI is InChI=1S/C10H19N5O2/c1-7(2)15(5-6-16)9-12-8(11-3)13-10(14-9)17-4/h7,16H,5-6H2,1-4H3,(H,11,12,13,14). The molecule has 0 saturated carbocycles. The molecule has 0 radical (unpaired) electrons. The van der Waals surface area contributed by atoms with E-state index in [1.807, 2.05) is 18.7 Å². The van der Waals surface area contributed by atoms with Crippen molar-refractivity contribution in [1.82, 2.24) is 15.0 Å². The van der Waals surface area contributed by atoms with Gasteiger partial charge >= 0.3 is 6.01 Å². The van der Waals surface area contributed by atoms with Crippen LogP contribution in [-0.2, 0) is 0 Å². The largest absolute Gasteiger partial charge is 0.467 e. The summed E-state index contributed by atoms with van der Waals surface area (Å²) in [5.74, 6) is 0.931. The van der Waals surface area contributed by atoms with Crippen molar-refractivity contribution < 1.29 is 9.84 Å². The SMILES string of the molecule is CNc1nc(OC)nc(N(CCO)C(C)C)n1. The normalized spacial score (nSPS) is 10.5. The van der Waals surface area contributed by atoms with Gasteiger partial charge < -0.3 is 20.1 Å². The van der Waals surface area contributed by atoms with Crippen molar-refractivity contribution in [2.45, 2.75) is 19.9 Å². The number of aromatic nitrogens is 3. The molecule has 0 unspecified atom stereocenters. The highest BCUT2D eigenvalue weighted by Gasteiger charge is 2.15. The van der Waals surface area contributed by atoms with E-state index >= 15 is 0 Å². The predicted molar refractivity (Wildman–Crippen MR) is 65.5 cm³/mol. The van der Waals surface area contributed by atoms with Crippen molar-refractivity contribution in [3.63, 3.8) is 0 Å². The van der Waals surface area contributed by atoms with Crippen LogP contribution in [0.1, 0.15) is 13.8 Å². The molecule has 1 rings (SSSR count). The molecule has 0 aliphatic heterocycles. The van der Waals surface area contributed by atoms with E-state index in [-0.39, 0.29) is 18.7 Å². The first-order valence-electron chi connectivity index (χ1n) is 5.47. The summed E-state index contributed by atoms with van der Waals surface area (Å²) in [6, 6.07) is 0.432. The zero-order chi connectivity index (χ0) is 12.8. The smallest absolute Gasteiger partial charge is 0.322 e. The van der Waals surface area contributed by atoms with Gasteiger partial charge in [0, 0.05) is 19.6 Å². The number of aliphatic hydroxyl groups is 1. The first-order chi connectivity index (χ1) is 8.12. The molecule has 0 aliphatic rings. The molecule has 1 heterocycles. The molecule has 0 bridgehead atoms. The van der Waals surface area contributed by atoms with Crippen LogP contribution in [0.15, 0.2) is 0 Å². The van der Waals surface area contributed by atoms with Gasteiger partial charge in [0.15, 0.2) is 0 Å². The van der Waals surface area contributed by atoms with Crippen LogP contribution in [0.3, 0.4) is 0 Å². The average molecular weight is 241 g/mol. The molecule has 0 aliphatic carbocycles. The van der Waals surface area contributed by atoms with Gasteiger partial charge in [-0.15, -0.1) is 0 Å². The maximum atomic E-state index is 9.04. The molecule has 0 atom stereocenters. The molecule has 7 nitrogen and oxygen atoms in total. The summed E-state index contributed by atoms with van der Waals surface area (Å²) in [4.78, 5) is 14.3. The van der Waals surface area contributed by atoms with Gasteiger partial charge in [0.1, 0.15) is 0 Å². The van der Waals surface area contributed by atoms with Crippen LogP contribution in [0.4, 0.5) is 11.9 Å². The number of nitrogens with one attached hydrogen (secondary N) is 1. The zero-order valence-corrected chi connectivity index (χ0v) is 10.6. The number of ether oxygens (including phenoxy) is 1. The summed E-state index contributed by atoms with van der Waals surface area (Å²) >= 11 is 0. The predicted octanol–water partition coefficient (Wildman–Crippen LogP) is 0.129. The zero-order valence-electron chi connectivity index (χ0n) is 10.6. The number of hydrogen-bond donors (Lipinski definition) is 2. The molecular formula is C10H19N5O2. The maximum Gasteiger partial charge on any atom is 0.322 e. The molecule has 0 saturated heterocycles. The highest BCUT2D eigenvalue weighted by molar-refractivity contribution is 5.38. The monoisotopic (exact) mass is 241 g/mol. The van der Waals surface area contributed by atoms with Crippen LogP contribution >= 0.6 is 0 Å². The lowest BCUT2D eigenvalue weighted by atomic mass is 10.3. The van der Waals surface area contributed by atoms with Crippen molar-refractivity contribution in [3.8, 4) is 6.01 Å². The number of methoxy groups -OCH3 is 1. The molecule has 17 heavy (non-hydrogen) atoms. The van der Waals surface area contributed by atoms with E-state index in [2.05, 4.69) is 20.3 Å². The minimum Gasteiger partial charge on any atom is -0.467 e. The lowest BCUT2D eigenvalue weighted by Gasteiger charge is -2.25. The molecule has 1 aromatic rings. The number of nitrogens with zero attached hydrogens (tertiary/aromatic N) is 4. The van der Waals surface area contributed by atoms with Gasteiger partial charge in [-0.1, -0.05) is 0 Å². The third-order valence-electron chi connectivity index (χ3n) is 2.23. The van der Waals surface area contributed by atoms with Crippen molar-refractivity contribution in [1.29, 1.82) is 0 Å². The summed E-state index contributed by atoms with van der Waals surface area (Å²) in [6.07, 6.45) is 0. The van der Waals surface area contributed by atoms with Crippen molar-refractivity contribution in [2.75, 3.05) is 37.5 Å². The lowest BCUT2D eigenvalue weighted by Crippen LogP contribution is -2.35. The number of rotatable bonds is 6. The topological polar surface area (TPSA) is 83.4 Å². The number of aliphatic hydroxyl groups excluding tert-OH is 1. The second-order valence-corrected chi connectivity index (χ2v) is 3.71. The first kappa shape index (κ1) is 13.4. The molecule has 0 fully saturated rings. The highest BCUT2D eigenvalue weighted by Crippen LogP contribution is 2.16. The average Bonchev–Trinajstić information content (AvgIpc) is 2.34. The number of anilines is 2. The van der Waals surface area contributed by atoms with Gasteiger partial charge in [0.2, 0.25) is 11.9 Å². The Bertz CT molecular complexity index is 336. The van der Waals surface area contributed by atoms with Gasteiger partial charge in [0.25, 0.3) is 0 Å². The Balaban J connectivity index is 3.08. The van der Waals surface area contributed by atoms with Crippen LogP contribution < -0.4 is 15.0 Å². The fraction of sp³-hybridized carbons (Fsp3) is 0.700. The summed E-state index contributed by atoms with van der Waals surface area (Å²) in [6.45, 7) is 4.52. The quantitative estimate of drug-likeness (QED) is 0.732. The minimum atomic E-state index is 0.0427. The molecule has 0 amide bonds.